The summed E-state index contributed by atoms with van der Waals surface area (Å²) in [7, 11) is 2.15. The first kappa shape index (κ1) is 24.1. The van der Waals surface area contributed by atoms with Gasteiger partial charge < -0.3 is 15.3 Å². The van der Waals surface area contributed by atoms with Gasteiger partial charge in [0, 0.05) is 41.7 Å². The molecule has 0 saturated heterocycles. The molecule has 1 aliphatic heterocycles. The first-order chi connectivity index (χ1) is 12.6. The predicted molar refractivity (Wildman–Crippen MR) is 120 cm³/mol. The molecule has 1 aliphatic rings. The van der Waals surface area contributed by atoms with Crippen molar-refractivity contribution in [2.24, 2.45) is 5.92 Å². The van der Waals surface area contributed by atoms with E-state index in [4.69, 9.17) is 0 Å². The van der Waals surface area contributed by atoms with Gasteiger partial charge in [0.25, 0.3) is 0 Å². The minimum atomic E-state index is -0.485. The Morgan fingerprint density at radius 3 is 2.52 bits per heavy atom. The maximum atomic E-state index is 10.4. The molecule has 1 rings (SSSR count). The van der Waals surface area contributed by atoms with Crippen LogP contribution in [-0.4, -0.2) is 52.0 Å². The molecule has 0 aromatic heterocycles. The fourth-order valence-corrected chi connectivity index (χ4v) is 4.44. The van der Waals surface area contributed by atoms with Crippen LogP contribution >= 0.6 is 11.9 Å². The molecule has 0 fully saturated rings. The number of nitrogens with one attached hydrogen (secondary N) is 1. The monoisotopic (exact) mass is 395 g/mol. The maximum absolute atomic E-state index is 10.4. The van der Waals surface area contributed by atoms with E-state index in [2.05, 4.69) is 74.1 Å². The number of allylic oxidation sites excluding steroid dienone is 3. The van der Waals surface area contributed by atoms with Gasteiger partial charge in [-0.05, 0) is 60.4 Å². The van der Waals surface area contributed by atoms with Crippen molar-refractivity contribution in [2.45, 2.75) is 71.3 Å². The molecular weight excluding hydrogens is 354 g/mol. The van der Waals surface area contributed by atoms with Gasteiger partial charge in [0.05, 0.1) is 0 Å². The van der Waals surface area contributed by atoms with Crippen LogP contribution in [0, 0.1) is 5.92 Å². The topological polar surface area (TPSA) is 38.7 Å². The Balaban J connectivity index is 2.28. The summed E-state index contributed by atoms with van der Waals surface area (Å²) in [5.74, 6) is 0.326. The highest BCUT2D eigenvalue weighted by molar-refractivity contribution is 7.98. The molecule has 27 heavy (non-hydrogen) atoms. The van der Waals surface area contributed by atoms with Crippen LogP contribution in [0.15, 0.2) is 36.2 Å². The smallest absolute Gasteiger partial charge is 0.124 e. The number of nitrogens with zero attached hydrogens (tertiary/aromatic N) is 2. The first-order valence-electron chi connectivity index (χ1n) is 10.2. The zero-order chi connectivity index (χ0) is 20.4. The van der Waals surface area contributed by atoms with Crippen LogP contribution in [0.5, 0.6) is 0 Å². The number of hydrogen-bond donors (Lipinski definition) is 2. The summed E-state index contributed by atoms with van der Waals surface area (Å²) in [6.45, 7) is 18.1. The normalized spacial score (nSPS) is 17.5. The molecule has 0 radical (unpaired) electrons. The van der Waals surface area contributed by atoms with E-state index in [-0.39, 0.29) is 4.75 Å². The molecule has 0 bridgehead atoms. The van der Waals surface area contributed by atoms with E-state index >= 15 is 0 Å². The molecule has 0 aliphatic carbocycles. The average Bonchev–Trinajstić information content (AvgIpc) is 3.09. The van der Waals surface area contributed by atoms with E-state index in [0.717, 1.165) is 51.0 Å². The molecule has 0 aromatic carbocycles. The zero-order valence-electron chi connectivity index (χ0n) is 18.3. The molecule has 156 valence electrons. The van der Waals surface area contributed by atoms with Crippen LogP contribution in [0.1, 0.15) is 60.3 Å². The Morgan fingerprint density at radius 1 is 1.33 bits per heavy atom. The van der Waals surface area contributed by atoms with Crippen molar-refractivity contribution in [2.75, 3.05) is 26.7 Å². The molecule has 0 spiro atoms. The van der Waals surface area contributed by atoms with Crippen molar-refractivity contribution in [1.29, 1.82) is 0 Å². The van der Waals surface area contributed by atoms with Gasteiger partial charge in [0.15, 0.2) is 0 Å². The van der Waals surface area contributed by atoms with Gasteiger partial charge >= 0.3 is 0 Å². The van der Waals surface area contributed by atoms with Gasteiger partial charge in [-0.3, -0.25) is 4.31 Å². The highest BCUT2D eigenvalue weighted by Gasteiger charge is 2.17. The molecule has 5 heteroatoms. The summed E-state index contributed by atoms with van der Waals surface area (Å²) < 4.78 is 2.56. The summed E-state index contributed by atoms with van der Waals surface area (Å²) in [6.07, 6.45) is 9.76. The Bertz CT molecular complexity index is 502. The van der Waals surface area contributed by atoms with Crippen LogP contribution < -0.4 is 5.32 Å². The fraction of sp³-hybridized carbons (Fsp3) is 0.727. The highest BCUT2D eigenvalue weighted by atomic mass is 32.2. The van der Waals surface area contributed by atoms with E-state index in [1.54, 1.807) is 0 Å². The lowest BCUT2D eigenvalue weighted by Crippen LogP contribution is -2.31. The number of unbranched alkanes of at least 4 members (excludes halogenated alkanes) is 1. The lowest BCUT2D eigenvalue weighted by atomic mass is 10.0. The number of aliphatic hydroxyl groups is 1. The Hall–Kier alpha value is -0.910. The predicted octanol–water partition coefficient (Wildman–Crippen LogP) is 4.76. The van der Waals surface area contributed by atoms with Crippen LogP contribution in [0.4, 0.5) is 0 Å². The largest absolute Gasteiger partial charge is 0.374 e. The lowest BCUT2D eigenvalue weighted by Gasteiger charge is -2.27. The number of aliphatic hydroxyl groups excluding tert-OH is 1. The Morgan fingerprint density at radius 2 is 1.96 bits per heavy atom. The molecular formula is C22H41N3OS. The maximum Gasteiger partial charge on any atom is 0.124 e. The third-order valence-electron chi connectivity index (χ3n) is 4.61. The minimum Gasteiger partial charge on any atom is -0.374 e. The first-order valence-corrected chi connectivity index (χ1v) is 11.0. The molecule has 0 saturated carbocycles. The van der Waals surface area contributed by atoms with Gasteiger partial charge in [0.1, 0.15) is 6.23 Å². The molecule has 2 N–H and O–H groups in total. The molecule has 0 aromatic rings. The second kappa shape index (κ2) is 11.8. The molecule has 1 heterocycles. The Labute approximate surface area is 171 Å². The van der Waals surface area contributed by atoms with E-state index < -0.39 is 6.23 Å². The van der Waals surface area contributed by atoms with Crippen molar-refractivity contribution >= 4 is 11.9 Å². The third kappa shape index (κ3) is 10.3. The summed E-state index contributed by atoms with van der Waals surface area (Å²) >= 11 is 1.88. The van der Waals surface area contributed by atoms with Crippen LogP contribution in [-0.2, 0) is 0 Å². The van der Waals surface area contributed by atoms with E-state index in [9.17, 15) is 5.11 Å². The molecule has 4 nitrogen and oxygen atoms in total. The lowest BCUT2D eigenvalue weighted by molar-refractivity contribution is 0.131. The van der Waals surface area contributed by atoms with Crippen molar-refractivity contribution in [3.63, 3.8) is 0 Å². The fourth-order valence-electron chi connectivity index (χ4n) is 3.29. The summed E-state index contributed by atoms with van der Waals surface area (Å²) in [5.41, 5.74) is 2.28. The second-order valence-corrected chi connectivity index (χ2v) is 10.5. The SMILES string of the molecule is C=C(C[C@H](C)/C(=C\C)NC(O)CCCCN(C)SC(C)(C)C)N1CC=CC1. The van der Waals surface area contributed by atoms with Crippen molar-refractivity contribution in [3.8, 4) is 0 Å². The van der Waals surface area contributed by atoms with Crippen molar-refractivity contribution in [1.82, 2.24) is 14.5 Å². The number of hydrogen-bond acceptors (Lipinski definition) is 5. The van der Waals surface area contributed by atoms with Gasteiger partial charge in [0.2, 0.25) is 0 Å². The Kier molecular flexibility index (Phi) is 10.6. The summed E-state index contributed by atoms with van der Waals surface area (Å²) in [4.78, 5) is 2.30. The van der Waals surface area contributed by atoms with Gasteiger partial charge in [-0.25, -0.2) is 0 Å². The molecule has 2 atom stereocenters. The molecule has 0 amide bonds. The van der Waals surface area contributed by atoms with Crippen LogP contribution in [0.25, 0.3) is 0 Å². The van der Waals surface area contributed by atoms with Crippen molar-refractivity contribution in [3.05, 3.63) is 36.2 Å². The highest BCUT2D eigenvalue weighted by Crippen LogP contribution is 2.26. The zero-order valence-corrected chi connectivity index (χ0v) is 19.1. The average molecular weight is 396 g/mol. The van der Waals surface area contributed by atoms with Gasteiger partial charge in [-0.1, -0.05) is 43.7 Å². The quantitative estimate of drug-likeness (QED) is 0.216. The second-order valence-electron chi connectivity index (χ2n) is 8.50. The minimum absolute atomic E-state index is 0.252. The standard InChI is InChI=1S/C22H41N3OS/c1-8-20(18(2)17-19(3)25-15-11-12-16-25)23-21(26)13-9-10-14-24(7)27-22(4,5)6/h8,11-12,18,21,23,26H,3,9-10,13-17H2,1-2,4-7H3/b20-8+/t18-,21?/m0/s1. The third-order valence-corrected chi connectivity index (χ3v) is 5.65. The van der Waals surface area contributed by atoms with Crippen LogP contribution in [0.3, 0.4) is 0 Å². The van der Waals surface area contributed by atoms with Gasteiger partial charge in [-0.2, -0.15) is 0 Å². The van der Waals surface area contributed by atoms with Gasteiger partial charge in [-0.15, -0.1) is 0 Å². The van der Waals surface area contributed by atoms with Crippen molar-refractivity contribution < 1.29 is 5.11 Å². The van der Waals surface area contributed by atoms with Crippen LogP contribution in [0.2, 0.25) is 0 Å². The molecule has 1 unspecified atom stereocenters. The van der Waals surface area contributed by atoms with E-state index in [1.165, 1.54) is 5.70 Å². The summed E-state index contributed by atoms with van der Waals surface area (Å²) in [5, 5.41) is 13.7. The summed E-state index contributed by atoms with van der Waals surface area (Å²) in [6, 6.07) is 0. The number of rotatable bonds is 12. The van der Waals surface area contributed by atoms with E-state index in [0.29, 0.717) is 5.92 Å². The van der Waals surface area contributed by atoms with E-state index in [1.807, 2.05) is 18.9 Å².